The maximum atomic E-state index is 12.8. The molecular formula is C25H32N6O3. The van der Waals surface area contributed by atoms with Gasteiger partial charge in [-0.15, -0.1) is 0 Å². The summed E-state index contributed by atoms with van der Waals surface area (Å²) in [5.41, 5.74) is 1.39. The summed E-state index contributed by atoms with van der Waals surface area (Å²) in [4.78, 5) is 46.7. The molecule has 0 saturated carbocycles. The summed E-state index contributed by atoms with van der Waals surface area (Å²) in [7, 11) is 1.74. The maximum Gasteiger partial charge on any atom is 0.330 e. The van der Waals surface area contributed by atoms with Gasteiger partial charge in [-0.2, -0.15) is 5.26 Å². The Bertz CT molecular complexity index is 1310. The Balaban J connectivity index is 1.85. The highest BCUT2D eigenvalue weighted by molar-refractivity contribution is 5.76. The van der Waals surface area contributed by atoms with Crippen molar-refractivity contribution in [2.45, 2.75) is 66.1 Å². The van der Waals surface area contributed by atoms with E-state index in [1.165, 1.54) is 4.57 Å². The third-order valence-corrected chi connectivity index (χ3v) is 5.74. The standard InChI is InChI=1S/C25H32N6O3/c1-5-6-13-30-23-22(24(33)28-25(30)34)31(15-17(2)3)20(27-23)11-12-21(32)29(4)16-19-9-7-18(14-26)8-10-19/h7-10,17H,5-6,11-13,15-16H2,1-4H3,(H,28,33,34). The van der Waals surface area contributed by atoms with Crippen molar-refractivity contribution >= 4 is 17.1 Å². The number of amides is 1. The van der Waals surface area contributed by atoms with Crippen LogP contribution in [-0.2, 0) is 30.8 Å². The number of carbonyl (C=O) groups excluding carboxylic acids is 1. The number of aromatic nitrogens is 4. The van der Waals surface area contributed by atoms with Gasteiger partial charge in [0, 0.05) is 39.5 Å². The van der Waals surface area contributed by atoms with Gasteiger partial charge in [-0.05, 0) is 30.0 Å². The van der Waals surface area contributed by atoms with Gasteiger partial charge in [0.25, 0.3) is 5.56 Å². The number of rotatable bonds is 10. The lowest BCUT2D eigenvalue weighted by Gasteiger charge is -2.17. The zero-order valence-electron chi connectivity index (χ0n) is 20.3. The number of benzene rings is 1. The molecule has 1 N–H and O–H groups in total. The largest absolute Gasteiger partial charge is 0.341 e. The third kappa shape index (κ3) is 5.63. The average molecular weight is 465 g/mol. The number of aromatic amines is 1. The SMILES string of the molecule is CCCCn1c(=O)[nH]c(=O)c2c1nc(CCC(=O)N(C)Cc1ccc(C#N)cc1)n2CC(C)C. The molecule has 0 aliphatic rings. The summed E-state index contributed by atoms with van der Waals surface area (Å²) < 4.78 is 3.38. The van der Waals surface area contributed by atoms with Crippen molar-refractivity contribution in [3.8, 4) is 6.07 Å². The summed E-state index contributed by atoms with van der Waals surface area (Å²) >= 11 is 0. The van der Waals surface area contributed by atoms with Gasteiger partial charge in [-0.1, -0.05) is 39.3 Å². The quantitative estimate of drug-likeness (QED) is 0.495. The molecule has 0 spiro atoms. The number of H-pyrrole nitrogens is 1. The van der Waals surface area contributed by atoms with E-state index in [1.54, 1.807) is 24.1 Å². The van der Waals surface area contributed by atoms with Crippen molar-refractivity contribution in [3.63, 3.8) is 0 Å². The van der Waals surface area contributed by atoms with E-state index < -0.39 is 11.2 Å². The van der Waals surface area contributed by atoms with Crippen molar-refractivity contribution in [1.82, 2.24) is 24.0 Å². The van der Waals surface area contributed by atoms with Crippen LogP contribution in [0, 0.1) is 17.2 Å². The Morgan fingerprint density at radius 2 is 1.91 bits per heavy atom. The minimum absolute atomic E-state index is 0.0511. The molecule has 2 aromatic heterocycles. The van der Waals surface area contributed by atoms with Gasteiger partial charge in [0.1, 0.15) is 5.82 Å². The number of hydrogen-bond donors (Lipinski definition) is 1. The van der Waals surface area contributed by atoms with Gasteiger partial charge in [-0.25, -0.2) is 9.78 Å². The van der Waals surface area contributed by atoms with Crippen molar-refractivity contribution < 1.29 is 4.79 Å². The summed E-state index contributed by atoms with van der Waals surface area (Å²) in [6.45, 7) is 7.61. The van der Waals surface area contributed by atoms with Gasteiger partial charge in [-0.3, -0.25) is 19.1 Å². The van der Waals surface area contributed by atoms with E-state index in [4.69, 9.17) is 5.26 Å². The number of fused-ring (bicyclic) bond motifs is 1. The maximum absolute atomic E-state index is 12.8. The molecule has 9 heteroatoms. The molecule has 0 fully saturated rings. The second-order valence-corrected chi connectivity index (χ2v) is 9.03. The number of nitriles is 1. The summed E-state index contributed by atoms with van der Waals surface area (Å²) in [5.74, 6) is 0.830. The molecule has 0 aliphatic carbocycles. The highest BCUT2D eigenvalue weighted by Crippen LogP contribution is 2.17. The fourth-order valence-corrected chi connectivity index (χ4v) is 3.95. The highest BCUT2D eigenvalue weighted by atomic mass is 16.2. The molecule has 1 aromatic carbocycles. The van der Waals surface area contributed by atoms with Crippen LogP contribution < -0.4 is 11.2 Å². The van der Waals surface area contributed by atoms with E-state index in [1.807, 2.05) is 37.5 Å². The Morgan fingerprint density at radius 3 is 2.53 bits per heavy atom. The predicted molar refractivity (Wildman–Crippen MR) is 130 cm³/mol. The van der Waals surface area contributed by atoms with E-state index in [0.29, 0.717) is 48.6 Å². The van der Waals surface area contributed by atoms with Crippen molar-refractivity contribution in [3.05, 3.63) is 62.1 Å². The van der Waals surface area contributed by atoms with Crippen molar-refractivity contribution in [2.24, 2.45) is 5.92 Å². The third-order valence-electron chi connectivity index (χ3n) is 5.74. The first-order chi connectivity index (χ1) is 16.2. The predicted octanol–water partition coefficient (Wildman–Crippen LogP) is 2.81. The number of hydrogen-bond acceptors (Lipinski definition) is 5. The van der Waals surface area contributed by atoms with Crippen LogP contribution in [-0.4, -0.2) is 37.0 Å². The number of nitrogens with one attached hydrogen (secondary N) is 1. The summed E-state index contributed by atoms with van der Waals surface area (Å²) in [6, 6.07) is 9.23. The Labute approximate surface area is 198 Å². The second kappa shape index (κ2) is 11.0. The smallest absolute Gasteiger partial charge is 0.330 e. The first kappa shape index (κ1) is 25.0. The molecule has 0 bridgehead atoms. The summed E-state index contributed by atoms with van der Waals surface area (Å²) in [5, 5.41) is 8.94. The molecule has 0 atom stereocenters. The van der Waals surface area contributed by atoms with Crippen molar-refractivity contribution in [2.75, 3.05) is 7.05 Å². The Kier molecular flexibility index (Phi) is 8.05. The molecule has 0 aliphatic heterocycles. The van der Waals surface area contributed by atoms with Gasteiger partial charge in [0.2, 0.25) is 5.91 Å². The van der Waals surface area contributed by atoms with E-state index in [-0.39, 0.29) is 18.2 Å². The van der Waals surface area contributed by atoms with Crippen LogP contribution in [0.1, 0.15) is 57.0 Å². The minimum atomic E-state index is -0.454. The van der Waals surface area contributed by atoms with Gasteiger partial charge in [0.15, 0.2) is 11.2 Å². The molecule has 0 saturated heterocycles. The molecule has 0 radical (unpaired) electrons. The van der Waals surface area contributed by atoms with Crippen molar-refractivity contribution in [1.29, 1.82) is 5.26 Å². The zero-order chi connectivity index (χ0) is 24.8. The van der Waals surface area contributed by atoms with E-state index in [0.717, 1.165) is 18.4 Å². The number of aryl methyl sites for hydroxylation is 2. The lowest BCUT2D eigenvalue weighted by atomic mass is 10.1. The molecule has 1 amide bonds. The average Bonchev–Trinajstić information content (AvgIpc) is 3.15. The van der Waals surface area contributed by atoms with Gasteiger partial charge < -0.3 is 9.47 Å². The van der Waals surface area contributed by atoms with E-state index >= 15 is 0 Å². The first-order valence-corrected chi connectivity index (χ1v) is 11.7. The van der Waals surface area contributed by atoms with Crippen LogP contribution in [0.2, 0.25) is 0 Å². The molecule has 34 heavy (non-hydrogen) atoms. The highest BCUT2D eigenvalue weighted by Gasteiger charge is 2.20. The molecule has 3 rings (SSSR count). The second-order valence-electron chi connectivity index (χ2n) is 9.03. The number of carbonyl (C=O) groups is 1. The molecule has 180 valence electrons. The normalized spacial score (nSPS) is 11.2. The molecule has 0 unspecified atom stereocenters. The van der Waals surface area contributed by atoms with Gasteiger partial charge >= 0.3 is 5.69 Å². The van der Waals surface area contributed by atoms with Gasteiger partial charge in [0.05, 0.1) is 11.6 Å². The number of unbranched alkanes of at least 4 members (excludes halogenated alkanes) is 1. The fraction of sp³-hybridized carbons (Fsp3) is 0.480. The van der Waals surface area contributed by atoms with Crippen LogP contribution in [0.4, 0.5) is 0 Å². The Hall–Kier alpha value is -3.67. The van der Waals surface area contributed by atoms with Crippen LogP contribution in [0.25, 0.3) is 11.2 Å². The lowest BCUT2D eigenvalue weighted by molar-refractivity contribution is -0.130. The molecule has 2 heterocycles. The zero-order valence-corrected chi connectivity index (χ0v) is 20.3. The van der Waals surface area contributed by atoms with Crippen LogP contribution in [0.3, 0.4) is 0 Å². The van der Waals surface area contributed by atoms with E-state index in [9.17, 15) is 14.4 Å². The number of imidazole rings is 1. The topological polar surface area (TPSA) is 117 Å². The first-order valence-electron chi connectivity index (χ1n) is 11.7. The molecular weight excluding hydrogens is 432 g/mol. The van der Waals surface area contributed by atoms with E-state index in [2.05, 4.69) is 16.0 Å². The Morgan fingerprint density at radius 1 is 1.21 bits per heavy atom. The lowest BCUT2D eigenvalue weighted by Crippen LogP contribution is -2.31. The molecule has 3 aromatic rings. The van der Waals surface area contributed by atoms with Crippen LogP contribution >= 0.6 is 0 Å². The number of nitrogens with zero attached hydrogens (tertiary/aromatic N) is 5. The van der Waals surface area contributed by atoms with Crippen LogP contribution in [0.5, 0.6) is 0 Å². The minimum Gasteiger partial charge on any atom is -0.341 e. The summed E-state index contributed by atoms with van der Waals surface area (Å²) in [6.07, 6.45) is 2.30. The van der Waals surface area contributed by atoms with Crippen LogP contribution in [0.15, 0.2) is 33.9 Å². The monoisotopic (exact) mass is 464 g/mol. The molecule has 9 nitrogen and oxygen atoms in total. The fourth-order valence-electron chi connectivity index (χ4n) is 3.95.